The molecule has 2 aliphatic rings. The molecule has 0 N–H and O–H groups in total. The molecule has 4 aromatic carbocycles. The van der Waals surface area contributed by atoms with Crippen LogP contribution in [0.3, 0.4) is 0 Å². The number of anilines is 2. The molecule has 2 heterocycles. The summed E-state index contributed by atoms with van der Waals surface area (Å²) in [5.41, 5.74) is 13.1. The fourth-order valence-corrected chi connectivity index (χ4v) is 6.07. The van der Waals surface area contributed by atoms with Crippen LogP contribution in [0.1, 0.15) is 42.0 Å². The predicted octanol–water partition coefficient (Wildman–Crippen LogP) is 9.20. The summed E-state index contributed by atoms with van der Waals surface area (Å²) in [5.74, 6) is -0.0552. The zero-order valence-corrected chi connectivity index (χ0v) is 21.0. The van der Waals surface area contributed by atoms with Crippen molar-refractivity contribution in [3.8, 4) is 0 Å². The molecular formula is C34H26FNO. The second kappa shape index (κ2) is 7.83. The molecule has 0 radical (unpaired) electrons. The molecule has 0 fully saturated rings. The number of para-hydroxylation sites is 1. The van der Waals surface area contributed by atoms with Crippen LogP contribution < -0.4 is 4.90 Å². The average molecular weight is 484 g/mol. The molecule has 3 heteroatoms. The van der Waals surface area contributed by atoms with Crippen LogP contribution in [0.25, 0.3) is 21.9 Å². The Labute approximate surface area is 215 Å². The van der Waals surface area contributed by atoms with E-state index in [-0.39, 0.29) is 17.2 Å². The minimum atomic E-state index is -0.282. The molecule has 1 aliphatic carbocycles. The van der Waals surface area contributed by atoms with Crippen LogP contribution in [-0.2, 0) is 5.41 Å². The van der Waals surface area contributed by atoms with Crippen molar-refractivity contribution in [1.82, 2.24) is 0 Å². The number of hydrogen-bond donors (Lipinski definition) is 0. The monoisotopic (exact) mass is 483 g/mol. The molecule has 1 unspecified atom stereocenters. The highest BCUT2D eigenvalue weighted by Crippen LogP contribution is 2.51. The maximum atomic E-state index is 13.9. The number of allylic oxidation sites excluding steroid dienone is 2. The fourth-order valence-electron chi connectivity index (χ4n) is 6.07. The zero-order valence-electron chi connectivity index (χ0n) is 21.0. The lowest BCUT2D eigenvalue weighted by molar-refractivity contribution is 0.623. The highest BCUT2D eigenvalue weighted by atomic mass is 19.1. The van der Waals surface area contributed by atoms with Crippen LogP contribution in [-0.4, -0.2) is 0 Å². The molecule has 5 aromatic rings. The molecule has 37 heavy (non-hydrogen) atoms. The largest absolute Gasteiger partial charge is 0.456 e. The molecule has 0 saturated carbocycles. The SMILES string of the molecule is Cc1cc2c(cc1C(C)(C)c1ccc3c(c1)oc1ccc(F)cc13)N(c1ccccc1)C1=CC=C=CC12. The summed E-state index contributed by atoms with van der Waals surface area (Å²) in [5, 5.41) is 1.74. The topological polar surface area (TPSA) is 16.4 Å². The molecule has 1 aliphatic heterocycles. The Morgan fingerprint density at radius 2 is 1.73 bits per heavy atom. The van der Waals surface area contributed by atoms with Crippen LogP contribution in [0, 0.1) is 12.7 Å². The number of furan rings is 1. The quantitative estimate of drug-likeness (QED) is 0.238. The Balaban J connectivity index is 1.39. The van der Waals surface area contributed by atoms with Crippen molar-refractivity contribution in [3.05, 3.63) is 137 Å². The maximum Gasteiger partial charge on any atom is 0.135 e. The lowest BCUT2D eigenvalue weighted by Crippen LogP contribution is -2.21. The number of halogens is 1. The van der Waals surface area contributed by atoms with Crippen LogP contribution in [0.4, 0.5) is 15.8 Å². The second-order valence-corrected chi connectivity index (χ2v) is 10.5. The Hall–Kier alpha value is -4.33. The Bertz CT molecular complexity index is 1820. The van der Waals surface area contributed by atoms with Crippen molar-refractivity contribution >= 4 is 33.3 Å². The number of fused-ring (bicyclic) bond motifs is 6. The summed E-state index contributed by atoms with van der Waals surface area (Å²) in [6, 6.07) is 26.3. The Kier molecular flexibility index (Phi) is 4.64. The van der Waals surface area contributed by atoms with Gasteiger partial charge in [0.1, 0.15) is 17.0 Å². The van der Waals surface area contributed by atoms with Gasteiger partial charge in [-0.05, 0) is 89.9 Å². The van der Waals surface area contributed by atoms with Gasteiger partial charge in [-0.25, -0.2) is 4.39 Å². The van der Waals surface area contributed by atoms with E-state index in [0.29, 0.717) is 5.58 Å². The molecule has 180 valence electrons. The first-order valence-corrected chi connectivity index (χ1v) is 12.7. The van der Waals surface area contributed by atoms with Crippen molar-refractivity contribution < 1.29 is 8.81 Å². The lowest BCUT2D eigenvalue weighted by Gasteiger charge is -2.30. The normalized spacial score (nSPS) is 16.4. The summed E-state index contributed by atoms with van der Waals surface area (Å²) in [6.07, 6.45) is 6.34. The van der Waals surface area contributed by atoms with Crippen molar-refractivity contribution in [2.24, 2.45) is 0 Å². The second-order valence-electron chi connectivity index (χ2n) is 10.5. The first-order valence-electron chi connectivity index (χ1n) is 12.7. The molecule has 1 aromatic heterocycles. The standard InChI is InChI=1S/C34H26FNO/c1-21-17-27-25-11-7-8-12-30(25)36(24-9-5-4-6-10-24)31(27)20-29(21)34(2,3)22-13-15-26-28-19-23(35)14-16-32(28)37-33(26)18-22/h4-6,8-20,25H,1-3H3. The maximum absolute atomic E-state index is 13.9. The number of aryl methyl sites for hydroxylation is 1. The van der Waals surface area contributed by atoms with Crippen molar-refractivity contribution in [2.45, 2.75) is 32.1 Å². The summed E-state index contributed by atoms with van der Waals surface area (Å²) >= 11 is 0. The van der Waals surface area contributed by atoms with E-state index < -0.39 is 0 Å². The summed E-state index contributed by atoms with van der Waals surface area (Å²) in [6.45, 7) is 6.73. The predicted molar refractivity (Wildman–Crippen MR) is 149 cm³/mol. The lowest BCUT2D eigenvalue weighted by atomic mass is 9.75. The molecule has 0 spiro atoms. The first kappa shape index (κ1) is 21.9. The third-order valence-electron chi connectivity index (χ3n) is 7.98. The van der Waals surface area contributed by atoms with Gasteiger partial charge in [0, 0.05) is 27.6 Å². The minimum absolute atomic E-state index is 0.198. The van der Waals surface area contributed by atoms with Gasteiger partial charge in [-0.1, -0.05) is 50.2 Å². The fraction of sp³-hybridized carbons (Fsp3) is 0.147. The van der Waals surface area contributed by atoms with E-state index in [1.165, 1.54) is 34.1 Å². The molecule has 1 atom stereocenters. The molecule has 0 bridgehead atoms. The van der Waals surface area contributed by atoms with Gasteiger partial charge in [-0.2, -0.15) is 0 Å². The Morgan fingerprint density at radius 3 is 2.57 bits per heavy atom. The number of benzene rings is 4. The van der Waals surface area contributed by atoms with Gasteiger partial charge in [-0.15, -0.1) is 5.73 Å². The molecule has 2 nitrogen and oxygen atoms in total. The number of hydrogen-bond acceptors (Lipinski definition) is 2. The van der Waals surface area contributed by atoms with Gasteiger partial charge in [0.15, 0.2) is 0 Å². The summed E-state index contributed by atoms with van der Waals surface area (Å²) in [4.78, 5) is 2.38. The highest BCUT2D eigenvalue weighted by molar-refractivity contribution is 6.05. The molecular weight excluding hydrogens is 457 g/mol. The third-order valence-corrected chi connectivity index (χ3v) is 7.98. The number of rotatable bonds is 3. The van der Waals surface area contributed by atoms with Crippen molar-refractivity contribution in [3.63, 3.8) is 0 Å². The summed E-state index contributed by atoms with van der Waals surface area (Å²) < 4.78 is 20.0. The first-order chi connectivity index (χ1) is 17.9. The van der Waals surface area contributed by atoms with E-state index >= 15 is 0 Å². The minimum Gasteiger partial charge on any atom is -0.456 e. The Morgan fingerprint density at radius 1 is 0.892 bits per heavy atom. The summed E-state index contributed by atoms with van der Waals surface area (Å²) in [7, 11) is 0. The highest BCUT2D eigenvalue weighted by Gasteiger charge is 2.36. The van der Waals surface area contributed by atoms with Crippen LogP contribution in [0.2, 0.25) is 0 Å². The van der Waals surface area contributed by atoms with E-state index in [4.69, 9.17) is 4.42 Å². The van der Waals surface area contributed by atoms with E-state index in [0.717, 1.165) is 27.6 Å². The van der Waals surface area contributed by atoms with Crippen LogP contribution in [0.15, 0.2) is 113 Å². The van der Waals surface area contributed by atoms with E-state index in [1.54, 1.807) is 12.1 Å². The van der Waals surface area contributed by atoms with Gasteiger partial charge in [0.25, 0.3) is 0 Å². The number of nitrogens with zero attached hydrogens (tertiary/aromatic N) is 1. The smallest absolute Gasteiger partial charge is 0.135 e. The van der Waals surface area contributed by atoms with E-state index in [9.17, 15) is 4.39 Å². The van der Waals surface area contributed by atoms with Crippen LogP contribution >= 0.6 is 0 Å². The average Bonchev–Trinajstić information content (AvgIpc) is 3.43. The third kappa shape index (κ3) is 3.25. The van der Waals surface area contributed by atoms with Gasteiger partial charge in [0.05, 0.1) is 11.6 Å². The van der Waals surface area contributed by atoms with Crippen LogP contribution in [0.5, 0.6) is 0 Å². The van der Waals surface area contributed by atoms with Gasteiger partial charge >= 0.3 is 0 Å². The van der Waals surface area contributed by atoms with Gasteiger partial charge in [-0.3, -0.25) is 0 Å². The molecule has 7 rings (SSSR count). The molecule has 0 saturated heterocycles. The van der Waals surface area contributed by atoms with E-state index in [1.807, 2.05) is 6.08 Å². The van der Waals surface area contributed by atoms with Gasteiger partial charge < -0.3 is 9.32 Å². The van der Waals surface area contributed by atoms with Crippen molar-refractivity contribution in [1.29, 1.82) is 0 Å². The molecule has 0 amide bonds. The van der Waals surface area contributed by atoms with Crippen molar-refractivity contribution in [2.75, 3.05) is 4.90 Å². The van der Waals surface area contributed by atoms with E-state index in [2.05, 4.69) is 104 Å². The zero-order chi connectivity index (χ0) is 25.3. The van der Waals surface area contributed by atoms with Gasteiger partial charge in [0.2, 0.25) is 0 Å².